The molecule has 0 spiro atoms. The van der Waals surface area contributed by atoms with Crippen LogP contribution in [0.25, 0.3) is 0 Å². The minimum atomic E-state index is -2.76. The lowest BCUT2D eigenvalue weighted by Gasteiger charge is -2.18. The molecule has 0 heterocycles. The Morgan fingerprint density at radius 1 is 1.00 bits per heavy atom. The Bertz CT molecular complexity index is 556. The molecular formula is C12H13ClF5NO2S. The van der Waals surface area contributed by atoms with E-state index in [4.69, 9.17) is 11.6 Å². The molecule has 3 nitrogen and oxygen atoms in total. The highest BCUT2D eigenvalue weighted by atomic mass is 35.5. The third kappa shape index (κ3) is 4.47. The van der Waals surface area contributed by atoms with Crippen LogP contribution in [0.2, 0.25) is 0 Å². The van der Waals surface area contributed by atoms with Gasteiger partial charge < -0.3 is 0 Å². The van der Waals surface area contributed by atoms with Crippen molar-refractivity contribution in [2.75, 3.05) is 13.1 Å². The smallest absolute Gasteiger partial charge is 0.236 e. The van der Waals surface area contributed by atoms with E-state index < -0.39 is 56.8 Å². The number of carbonyl (C=O) groups is 1. The topological polar surface area (TPSA) is 37.4 Å². The van der Waals surface area contributed by atoms with E-state index in [1.54, 1.807) is 0 Å². The minimum absolute atomic E-state index is 0.162. The molecule has 0 N–H and O–H groups in total. The summed E-state index contributed by atoms with van der Waals surface area (Å²) in [6.07, 6.45) is 0. The Kier molecular flexibility index (Phi) is 8.72. The molecular weight excluding hydrogens is 353 g/mol. The minimum Gasteiger partial charge on any atom is -0.280 e. The highest BCUT2D eigenvalue weighted by molar-refractivity contribution is 7.82. The second kappa shape index (κ2) is 9.16. The van der Waals surface area contributed by atoms with E-state index in [1.165, 1.54) is 6.92 Å². The molecule has 0 saturated carbocycles. The van der Waals surface area contributed by atoms with E-state index in [1.807, 2.05) is 13.8 Å². The molecule has 0 bridgehead atoms. The summed E-state index contributed by atoms with van der Waals surface area (Å²) in [5.74, 6) is -11.2. The van der Waals surface area contributed by atoms with Crippen molar-refractivity contribution in [2.45, 2.75) is 25.7 Å². The monoisotopic (exact) mass is 365 g/mol. The van der Waals surface area contributed by atoms with Crippen LogP contribution in [-0.4, -0.2) is 26.8 Å². The molecule has 10 heteroatoms. The third-order valence-electron chi connectivity index (χ3n) is 2.23. The van der Waals surface area contributed by atoms with E-state index in [0.29, 0.717) is 4.31 Å². The molecule has 0 amide bonds. The van der Waals surface area contributed by atoms with Crippen LogP contribution in [0.1, 0.15) is 20.8 Å². The zero-order valence-corrected chi connectivity index (χ0v) is 13.4. The number of carbonyl (C=O) groups excluding carboxylic acids is 1. The van der Waals surface area contributed by atoms with Crippen molar-refractivity contribution in [3.8, 4) is 0 Å². The first-order chi connectivity index (χ1) is 10.2. The molecule has 1 aromatic carbocycles. The predicted octanol–water partition coefficient (Wildman–Crippen LogP) is 3.52. The number of halogens is 6. The summed E-state index contributed by atoms with van der Waals surface area (Å²) in [4.78, 5) is 9.19. The summed E-state index contributed by atoms with van der Waals surface area (Å²) in [6, 6.07) is 0. The van der Waals surface area contributed by atoms with Gasteiger partial charge in [0.2, 0.25) is 11.1 Å². The Morgan fingerprint density at radius 2 is 1.36 bits per heavy atom. The van der Waals surface area contributed by atoms with Gasteiger partial charge in [-0.15, -0.1) is 0 Å². The normalized spacial score (nSPS) is 11.9. The van der Waals surface area contributed by atoms with Crippen LogP contribution in [0.3, 0.4) is 0 Å². The molecule has 0 fully saturated rings. The summed E-state index contributed by atoms with van der Waals surface area (Å²) in [6.45, 7) is 4.53. The number of likely N-dealkylation sites (N-methyl/N-ethyl adjacent to an activating group) is 1. The third-order valence-corrected chi connectivity index (χ3v) is 3.92. The number of nitrogens with zero attached hydrogens (tertiary/aromatic N) is 1. The molecule has 22 heavy (non-hydrogen) atoms. The molecule has 0 aromatic heterocycles. The number of rotatable bonds is 5. The zero-order valence-electron chi connectivity index (χ0n) is 11.9. The second-order valence-electron chi connectivity index (χ2n) is 3.46. The molecule has 1 unspecified atom stereocenters. The van der Waals surface area contributed by atoms with E-state index in [0.717, 1.165) is 0 Å². The van der Waals surface area contributed by atoms with Crippen LogP contribution in [0, 0.1) is 29.1 Å². The molecule has 1 rings (SSSR count). The molecule has 1 atom stereocenters. The fourth-order valence-corrected chi connectivity index (χ4v) is 2.72. The zero-order chi connectivity index (χ0) is 17.6. The maximum absolute atomic E-state index is 13.4. The van der Waals surface area contributed by atoms with Crippen molar-refractivity contribution in [2.24, 2.45) is 0 Å². The van der Waals surface area contributed by atoms with E-state index in [2.05, 4.69) is 0 Å². The van der Waals surface area contributed by atoms with Crippen LogP contribution in [-0.2, 0) is 15.8 Å². The first kappa shape index (κ1) is 20.9. The Balaban J connectivity index is 0.00000211. The van der Waals surface area contributed by atoms with Crippen molar-refractivity contribution in [3.63, 3.8) is 0 Å². The summed E-state index contributed by atoms with van der Waals surface area (Å²) in [7, 11) is -2.76. The van der Waals surface area contributed by atoms with Crippen molar-refractivity contribution in [1.29, 1.82) is 0 Å². The van der Waals surface area contributed by atoms with Gasteiger partial charge in [-0.2, -0.15) is 0 Å². The van der Waals surface area contributed by atoms with Gasteiger partial charge in [0.15, 0.2) is 23.3 Å². The fraction of sp³-hybridized carbons (Fsp3) is 0.417. The Morgan fingerprint density at radius 3 is 1.68 bits per heavy atom. The summed E-state index contributed by atoms with van der Waals surface area (Å²) < 4.78 is 78.2. The number of hydrogen-bond acceptors (Lipinski definition) is 2. The van der Waals surface area contributed by atoms with Gasteiger partial charge in [0.05, 0.1) is 6.54 Å². The lowest BCUT2D eigenvalue weighted by molar-refractivity contribution is -0.111. The van der Waals surface area contributed by atoms with Gasteiger partial charge in [-0.05, 0) is 11.6 Å². The van der Waals surface area contributed by atoms with E-state index in [9.17, 15) is 31.0 Å². The average molecular weight is 366 g/mol. The molecule has 0 saturated heterocycles. The van der Waals surface area contributed by atoms with Crippen molar-refractivity contribution < 1.29 is 31.0 Å². The van der Waals surface area contributed by atoms with E-state index >= 15 is 0 Å². The predicted molar refractivity (Wildman–Crippen MR) is 72.1 cm³/mol. The first-order valence-corrected chi connectivity index (χ1v) is 7.57. The SMILES string of the molecule is CC.CCN(CC(=O)Cl)S(=O)c1c(F)c(F)c(F)c(F)c1F. The largest absolute Gasteiger partial charge is 0.280 e. The molecule has 1 aromatic rings. The fourth-order valence-electron chi connectivity index (χ4n) is 1.29. The van der Waals surface area contributed by atoms with Gasteiger partial charge in [0.1, 0.15) is 15.9 Å². The van der Waals surface area contributed by atoms with Crippen molar-refractivity contribution in [1.82, 2.24) is 4.31 Å². The standard InChI is InChI=1S/C10H7ClF5NO2S.C2H6/c1-2-17(3-4(11)18)20(19)10-8(15)6(13)5(12)7(14)9(10)16;1-2/h2-3H2,1H3;1-2H3. The van der Waals surface area contributed by atoms with Gasteiger partial charge in [0.25, 0.3) is 0 Å². The van der Waals surface area contributed by atoms with Gasteiger partial charge in [-0.3, -0.25) is 4.79 Å². The highest BCUT2D eigenvalue weighted by Crippen LogP contribution is 2.26. The number of benzene rings is 1. The molecule has 0 aliphatic rings. The maximum atomic E-state index is 13.4. The van der Waals surface area contributed by atoms with Crippen LogP contribution in [0.15, 0.2) is 4.90 Å². The van der Waals surface area contributed by atoms with Gasteiger partial charge in [0, 0.05) is 6.54 Å². The maximum Gasteiger partial charge on any atom is 0.236 e. The van der Waals surface area contributed by atoms with Crippen LogP contribution in [0.4, 0.5) is 22.0 Å². The molecule has 126 valence electrons. The second-order valence-corrected chi connectivity index (χ2v) is 5.30. The number of hydrogen-bond donors (Lipinski definition) is 0. The molecule has 0 aliphatic heterocycles. The van der Waals surface area contributed by atoms with Crippen LogP contribution < -0.4 is 0 Å². The quantitative estimate of drug-likeness (QED) is 0.346. The van der Waals surface area contributed by atoms with Crippen molar-refractivity contribution >= 4 is 27.8 Å². The van der Waals surface area contributed by atoms with Gasteiger partial charge in [-0.25, -0.2) is 30.5 Å². The highest BCUT2D eigenvalue weighted by Gasteiger charge is 2.31. The molecule has 0 radical (unpaired) electrons. The first-order valence-electron chi connectivity index (χ1n) is 6.08. The summed E-state index contributed by atoms with van der Waals surface area (Å²) >= 11 is 5.04. The lowest BCUT2D eigenvalue weighted by Crippen LogP contribution is -2.31. The molecule has 0 aliphatic carbocycles. The summed E-state index contributed by atoms with van der Waals surface area (Å²) in [5, 5.41) is -0.996. The van der Waals surface area contributed by atoms with Gasteiger partial charge >= 0.3 is 0 Å². The van der Waals surface area contributed by atoms with Crippen molar-refractivity contribution in [3.05, 3.63) is 29.1 Å². The average Bonchev–Trinajstić information content (AvgIpc) is 2.50. The lowest BCUT2D eigenvalue weighted by atomic mass is 10.3. The summed E-state index contributed by atoms with van der Waals surface area (Å²) in [5.41, 5.74) is 0. The van der Waals surface area contributed by atoms with Crippen LogP contribution >= 0.6 is 11.6 Å². The Labute approximate surface area is 131 Å². The Hall–Kier alpha value is -1.06. The van der Waals surface area contributed by atoms with E-state index in [-0.39, 0.29) is 6.54 Å². The van der Waals surface area contributed by atoms with Gasteiger partial charge in [-0.1, -0.05) is 20.8 Å². The van der Waals surface area contributed by atoms with Crippen LogP contribution in [0.5, 0.6) is 0 Å².